The van der Waals surface area contributed by atoms with Crippen molar-refractivity contribution in [2.75, 3.05) is 23.0 Å². The number of benzene rings is 1. The molecule has 3 aromatic rings. The summed E-state index contributed by atoms with van der Waals surface area (Å²) in [7, 11) is 0. The van der Waals surface area contributed by atoms with E-state index in [1.54, 1.807) is 22.9 Å². The van der Waals surface area contributed by atoms with Crippen LogP contribution in [-0.4, -0.2) is 42.7 Å². The Labute approximate surface area is 168 Å². The van der Waals surface area contributed by atoms with Gasteiger partial charge < -0.3 is 21.5 Å². The van der Waals surface area contributed by atoms with Crippen molar-refractivity contribution in [2.24, 2.45) is 5.92 Å². The molecule has 10 heteroatoms. The standard InChI is InChI=1S/C18H25ClN8O/c1-9(2)14(8-28)22-18-23-16(21-11-5-6-12(19)13(20)7-11)15-17(24-18)27(10(3)4)26-25-15/h5-7,9-10,14,28H,8,20H2,1-4H3,(H2,21,22,23,24). The number of aliphatic hydroxyl groups excluding tert-OH is 1. The van der Waals surface area contributed by atoms with Crippen molar-refractivity contribution in [3.05, 3.63) is 23.2 Å². The molecule has 0 aliphatic rings. The van der Waals surface area contributed by atoms with Crippen LogP contribution < -0.4 is 16.4 Å². The van der Waals surface area contributed by atoms with Crippen LogP contribution in [0.15, 0.2) is 18.2 Å². The van der Waals surface area contributed by atoms with Gasteiger partial charge >= 0.3 is 0 Å². The first kappa shape index (κ1) is 20.1. The highest BCUT2D eigenvalue weighted by Crippen LogP contribution is 2.28. The SMILES string of the molecule is CC(C)C(CO)Nc1nc(Nc2ccc(Cl)c(N)c2)c2nnn(C(C)C)c2n1. The molecule has 28 heavy (non-hydrogen) atoms. The Kier molecular flexibility index (Phi) is 5.85. The second-order valence-corrected chi connectivity index (χ2v) is 7.64. The first-order valence-electron chi connectivity index (χ1n) is 9.12. The van der Waals surface area contributed by atoms with E-state index in [0.29, 0.717) is 33.6 Å². The number of aromatic nitrogens is 5. The quantitative estimate of drug-likeness (QED) is 0.442. The van der Waals surface area contributed by atoms with Gasteiger partial charge in [0.05, 0.1) is 29.4 Å². The molecule has 9 nitrogen and oxygen atoms in total. The van der Waals surface area contributed by atoms with Gasteiger partial charge in [0.25, 0.3) is 0 Å². The van der Waals surface area contributed by atoms with Gasteiger partial charge in [-0.15, -0.1) is 5.10 Å². The lowest BCUT2D eigenvalue weighted by molar-refractivity contribution is 0.248. The summed E-state index contributed by atoms with van der Waals surface area (Å²) in [6, 6.07) is 5.13. The Morgan fingerprint density at radius 3 is 2.57 bits per heavy atom. The van der Waals surface area contributed by atoms with Crippen molar-refractivity contribution in [3.8, 4) is 0 Å². The van der Waals surface area contributed by atoms with Crippen molar-refractivity contribution in [2.45, 2.75) is 39.8 Å². The smallest absolute Gasteiger partial charge is 0.227 e. The fraction of sp³-hybridized carbons (Fsp3) is 0.444. The summed E-state index contributed by atoms with van der Waals surface area (Å²) in [6.45, 7) is 8.00. The van der Waals surface area contributed by atoms with E-state index in [1.807, 2.05) is 27.7 Å². The van der Waals surface area contributed by atoms with Gasteiger partial charge in [-0.2, -0.15) is 9.97 Å². The molecule has 0 fully saturated rings. The van der Waals surface area contributed by atoms with Gasteiger partial charge in [-0.05, 0) is 38.0 Å². The molecule has 2 aromatic heterocycles. The lowest BCUT2D eigenvalue weighted by Gasteiger charge is -2.20. The van der Waals surface area contributed by atoms with Crippen LogP contribution in [-0.2, 0) is 0 Å². The molecule has 0 aliphatic carbocycles. The minimum Gasteiger partial charge on any atom is -0.397 e. The third-order valence-electron chi connectivity index (χ3n) is 4.39. The maximum Gasteiger partial charge on any atom is 0.227 e. The van der Waals surface area contributed by atoms with E-state index in [9.17, 15) is 5.11 Å². The maximum atomic E-state index is 9.64. The third kappa shape index (κ3) is 4.10. The van der Waals surface area contributed by atoms with Gasteiger partial charge in [-0.3, -0.25) is 0 Å². The normalized spacial score (nSPS) is 12.7. The minimum atomic E-state index is -0.181. The van der Waals surface area contributed by atoms with E-state index in [2.05, 4.69) is 30.9 Å². The molecule has 0 saturated carbocycles. The number of anilines is 4. The average molecular weight is 405 g/mol. The predicted molar refractivity (Wildman–Crippen MR) is 112 cm³/mol. The lowest BCUT2D eigenvalue weighted by Crippen LogP contribution is -2.30. The first-order chi connectivity index (χ1) is 13.3. The third-order valence-corrected chi connectivity index (χ3v) is 4.73. The molecule has 1 unspecified atom stereocenters. The summed E-state index contributed by atoms with van der Waals surface area (Å²) < 4.78 is 1.73. The van der Waals surface area contributed by atoms with E-state index >= 15 is 0 Å². The molecule has 1 atom stereocenters. The van der Waals surface area contributed by atoms with Gasteiger partial charge in [-0.1, -0.05) is 30.7 Å². The van der Waals surface area contributed by atoms with Crippen LogP contribution in [0.3, 0.4) is 0 Å². The number of fused-ring (bicyclic) bond motifs is 1. The number of aliphatic hydroxyl groups is 1. The van der Waals surface area contributed by atoms with Gasteiger partial charge in [0.1, 0.15) is 0 Å². The second-order valence-electron chi connectivity index (χ2n) is 7.23. The van der Waals surface area contributed by atoms with Gasteiger partial charge in [0.2, 0.25) is 5.95 Å². The predicted octanol–water partition coefficient (Wildman–Crippen LogP) is 3.21. The zero-order chi connectivity index (χ0) is 20.4. The van der Waals surface area contributed by atoms with Crippen LogP contribution in [0.5, 0.6) is 0 Å². The number of nitrogens with two attached hydrogens (primary N) is 1. The van der Waals surface area contributed by atoms with Crippen LogP contribution >= 0.6 is 11.6 Å². The Hall–Kier alpha value is -2.65. The van der Waals surface area contributed by atoms with Crippen molar-refractivity contribution in [3.63, 3.8) is 0 Å². The number of nitrogens with zero attached hydrogens (tertiary/aromatic N) is 5. The molecular formula is C18H25ClN8O. The first-order valence-corrected chi connectivity index (χ1v) is 9.50. The number of nitrogens with one attached hydrogen (secondary N) is 2. The zero-order valence-corrected chi connectivity index (χ0v) is 17.1. The Morgan fingerprint density at radius 2 is 1.96 bits per heavy atom. The number of rotatable bonds is 7. The topological polar surface area (TPSA) is 127 Å². The maximum absolute atomic E-state index is 9.64. The van der Waals surface area contributed by atoms with Crippen molar-refractivity contribution >= 4 is 45.9 Å². The van der Waals surface area contributed by atoms with E-state index in [-0.39, 0.29) is 24.6 Å². The molecule has 3 rings (SSSR count). The monoisotopic (exact) mass is 404 g/mol. The molecule has 0 aliphatic heterocycles. The summed E-state index contributed by atoms with van der Waals surface area (Å²) in [5.74, 6) is 1.07. The highest BCUT2D eigenvalue weighted by Gasteiger charge is 2.19. The molecule has 0 amide bonds. The minimum absolute atomic E-state index is 0.0305. The highest BCUT2D eigenvalue weighted by atomic mass is 35.5. The molecule has 150 valence electrons. The van der Waals surface area contributed by atoms with Gasteiger partial charge in [-0.25, -0.2) is 4.68 Å². The van der Waals surface area contributed by atoms with Crippen LogP contribution in [0.2, 0.25) is 5.02 Å². The number of nitrogen functional groups attached to an aromatic ring is 1. The van der Waals surface area contributed by atoms with Crippen LogP contribution in [0.25, 0.3) is 11.2 Å². The molecule has 0 spiro atoms. The number of halogens is 1. The second kappa shape index (κ2) is 8.15. The molecule has 0 radical (unpaired) electrons. The molecule has 0 saturated heterocycles. The summed E-state index contributed by atoms with van der Waals surface area (Å²) in [5, 5.41) is 25.0. The van der Waals surface area contributed by atoms with Crippen LogP contribution in [0, 0.1) is 5.92 Å². The average Bonchev–Trinajstić information content (AvgIpc) is 3.07. The summed E-state index contributed by atoms with van der Waals surface area (Å²) in [5.41, 5.74) is 8.21. The summed E-state index contributed by atoms with van der Waals surface area (Å²) in [6.07, 6.45) is 0. The Bertz CT molecular complexity index is 972. The molecule has 2 heterocycles. The zero-order valence-electron chi connectivity index (χ0n) is 16.3. The fourth-order valence-corrected chi connectivity index (χ4v) is 2.79. The molecule has 1 aromatic carbocycles. The fourth-order valence-electron chi connectivity index (χ4n) is 2.68. The Balaban J connectivity index is 2.07. The van der Waals surface area contributed by atoms with E-state index in [1.165, 1.54) is 0 Å². The van der Waals surface area contributed by atoms with E-state index in [4.69, 9.17) is 17.3 Å². The number of hydrogen-bond acceptors (Lipinski definition) is 8. The van der Waals surface area contributed by atoms with Gasteiger partial charge in [0, 0.05) is 5.69 Å². The number of hydrogen-bond donors (Lipinski definition) is 4. The Morgan fingerprint density at radius 1 is 1.21 bits per heavy atom. The van der Waals surface area contributed by atoms with Crippen molar-refractivity contribution in [1.82, 2.24) is 25.0 Å². The summed E-state index contributed by atoms with van der Waals surface area (Å²) in [4.78, 5) is 9.14. The lowest BCUT2D eigenvalue weighted by atomic mass is 10.1. The highest BCUT2D eigenvalue weighted by molar-refractivity contribution is 6.33. The van der Waals surface area contributed by atoms with Crippen molar-refractivity contribution in [1.29, 1.82) is 0 Å². The van der Waals surface area contributed by atoms with E-state index in [0.717, 1.165) is 5.69 Å². The molecule has 0 bridgehead atoms. The van der Waals surface area contributed by atoms with E-state index < -0.39 is 0 Å². The van der Waals surface area contributed by atoms with Crippen LogP contribution in [0.4, 0.5) is 23.1 Å². The largest absolute Gasteiger partial charge is 0.397 e. The van der Waals surface area contributed by atoms with Crippen LogP contribution in [0.1, 0.15) is 33.7 Å². The summed E-state index contributed by atoms with van der Waals surface area (Å²) >= 11 is 6.01. The molecular weight excluding hydrogens is 380 g/mol. The van der Waals surface area contributed by atoms with Crippen molar-refractivity contribution < 1.29 is 5.11 Å². The molecule has 5 N–H and O–H groups in total. The van der Waals surface area contributed by atoms with Gasteiger partial charge in [0.15, 0.2) is 17.0 Å².